The summed E-state index contributed by atoms with van der Waals surface area (Å²) in [5.41, 5.74) is 5.67. The number of ether oxygens (including phenoxy) is 1. The van der Waals surface area contributed by atoms with Gasteiger partial charge in [-0.05, 0) is 18.6 Å². The first-order valence-electron chi connectivity index (χ1n) is 8.05. The maximum Gasteiger partial charge on any atom is 0.238 e. The first kappa shape index (κ1) is 17.1. The molecule has 1 fully saturated rings. The van der Waals surface area contributed by atoms with E-state index in [-0.39, 0.29) is 18.4 Å². The molecule has 0 saturated carbocycles. The number of aliphatic hydroxyl groups is 1. The lowest BCUT2D eigenvalue weighted by molar-refractivity contribution is -0.174. The molecular formula is C17H22N2O4S. The van der Waals surface area contributed by atoms with Gasteiger partial charge in [-0.15, -0.1) is 0 Å². The van der Waals surface area contributed by atoms with E-state index in [2.05, 4.69) is 0 Å². The first-order chi connectivity index (χ1) is 11.5. The van der Waals surface area contributed by atoms with Gasteiger partial charge < -0.3 is 20.5 Å². The van der Waals surface area contributed by atoms with E-state index in [9.17, 15) is 9.59 Å². The molecule has 130 valence electrons. The predicted octanol–water partition coefficient (Wildman–Crippen LogP) is 0.938. The molecule has 1 aromatic carbocycles. The van der Waals surface area contributed by atoms with Crippen molar-refractivity contribution in [3.8, 4) is 5.75 Å². The van der Waals surface area contributed by atoms with Crippen LogP contribution in [0.3, 0.4) is 0 Å². The normalized spacial score (nSPS) is 28.2. The monoisotopic (exact) mass is 350 g/mol. The molecule has 2 aliphatic rings. The van der Waals surface area contributed by atoms with Crippen molar-refractivity contribution in [1.29, 1.82) is 0 Å². The Balaban J connectivity index is 1.93. The van der Waals surface area contributed by atoms with Crippen LogP contribution in [0.25, 0.3) is 0 Å². The van der Waals surface area contributed by atoms with Crippen LogP contribution in [-0.4, -0.2) is 52.2 Å². The maximum absolute atomic E-state index is 12.9. The van der Waals surface area contributed by atoms with Crippen molar-refractivity contribution in [3.05, 3.63) is 29.8 Å². The average Bonchev–Trinajstić information content (AvgIpc) is 2.53. The number of hydrogen-bond acceptors (Lipinski definition) is 5. The van der Waals surface area contributed by atoms with Crippen LogP contribution in [0.4, 0.5) is 0 Å². The Labute approximate surface area is 145 Å². The Kier molecular flexibility index (Phi) is 4.73. The standard InChI is InChI=1S/C17H22N2O4S/c1-17-10-12(11-4-2-3-5-13(11)23-17)14(15(18)21)16(22)19(17)6-8-24-9-7-20/h2-5,12,14,20H,6-10H2,1H3,(H2,18,21)/t12-,14+,17-/m0/s1. The number of likely N-dealkylation sites (tertiary alicyclic amines) is 1. The van der Waals surface area contributed by atoms with E-state index in [1.165, 1.54) is 0 Å². The fraction of sp³-hybridized carbons (Fsp3) is 0.529. The molecule has 0 aromatic heterocycles. The second kappa shape index (κ2) is 6.64. The molecular weight excluding hydrogens is 328 g/mol. The number of piperidine rings is 1. The fourth-order valence-corrected chi connectivity index (χ4v) is 4.35. The van der Waals surface area contributed by atoms with Crippen LogP contribution in [0.1, 0.15) is 24.8 Å². The molecule has 1 aromatic rings. The van der Waals surface area contributed by atoms with Gasteiger partial charge in [0, 0.05) is 30.4 Å². The lowest BCUT2D eigenvalue weighted by atomic mass is 9.73. The van der Waals surface area contributed by atoms with Crippen molar-refractivity contribution in [2.24, 2.45) is 11.7 Å². The van der Waals surface area contributed by atoms with E-state index in [1.807, 2.05) is 31.2 Å². The predicted molar refractivity (Wildman–Crippen MR) is 91.6 cm³/mol. The van der Waals surface area contributed by atoms with Gasteiger partial charge in [0.15, 0.2) is 5.72 Å². The lowest BCUT2D eigenvalue weighted by Gasteiger charge is -2.52. The third-order valence-corrected chi connectivity index (χ3v) is 5.70. The van der Waals surface area contributed by atoms with Crippen LogP contribution >= 0.6 is 11.8 Å². The van der Waals surface area contributed by atoms with Gasteiger partial charge in [0.2, 0.25) is 11.8 Å². The van der Waals surface area contributed by atoms with E-state index in [1.54, 1.807) is 16.7 Å². The van der Waals surface area contributed by atoms with Crippen molar-refractivity contribution in [2.45, 2.75) is 25.0 Å². The van der Waals surface area contributed by atoms with Crippen LogP contribution in [0, 0.1) is 5.92 Å². The minimum atomic E-state index is -0.856. The molecule has 2 bridgehead atoms. The molecule has 2 heterocycles. The SMILES string of the molecule is C[C@@]12C[C@@H](c3ccccc3O1)[C@H](C(N)=O)C(=O)N2CCSCCO. The number of nitrogens with zero attached hydrogens (tertiary/aromatic N) is 1. The molecule has 0 aliphatic carbocycles. The molecule has 0 radical (unpaired) electrons. The number of rotatable bonds is 6. The van der Waals surface area contributed by atoms with E-state index >= 15 is 0 Å². The molecule has 2 aliphatic heterocycles. The summed E-state index contributed by atoms with van der Waals surface area (Å²) in [5, 5.41) is 8.88. The van der Waals surface area contributed by atoms with Crippen molar-refractivity contribution >= 4 is 23.6 Å². The Morgan fingerprint density at radius 1 is 1.46 bits per heavy atom. The molecule has 7 heteroatoms. The fourth-order valence-electron chi connectivity index (χ4n) is 3.70. The Morgan fingerprint density at radius 2 is 2.21 bits per heavy atom. The zero-order chi connectivity index (χ0) is 17.3. The van der Waals surface area contributed by atoms with Gasteiger partial charge in [-0.3, -0.25) is 9.59 Å². The Hall–Kier alpha value is -1.73. The van der Waals surface area contributed by atoms with Gasteiger partial charge in [0.1, 0.15) is 11.7 Å². The van der Waals surface area contributed by atoms with Crippen LogP contribution in [0.2, 0.25) is 0 Å². The summed E-state index contributed by atoms with van der Waals surface area (Å²) in [5.74, 6) is 0.0465. The topological polar surface area (TPSA) is 92.9 Å². The summed E-state index contributed by atoms with van der Waals surface area (Å²) >= 11 is 1.56. The summed E-state index contributed by atoms with van der Waals surface area (Å²) in [6, 6.07) is 7.53. The van der Waals surface area contributed by atoms with Crippen molar-refractivity contribution in [3.63, 3.8) is 0 Å². The van der Waals surface area contributed by atoms with E-state index in [0.717, 1.165) is 5.56 Å². The summed E-state index contributed by atoms with van der Waals surface area (Å²) in [6.45, 7) is 2.45. The summed E-state index contributed by atoms with van der Waals surface area (Å²) in [4.78, 5) is 26.6. The maximum atomic E-state index is 12.9. The Morgan fingerprint density at radius 3 is 2.92 bits per heavy atom. The van der Waals surface area contributed by atoms with Gasteiger partial charge in [0.05, 0.1) is 6.61 Å². The highest BCUT2D eigenvalue weighted by molar-refractivity contribution is 7.99. The number of fused-ring (bicyclic) bond motifs is 4. The molecule has 0 unspecified atom stereocenters. The molecule has 3 N–H and O–H groups in total. The Bertz CT molecular complexity index is 653. The third-order valence-electron chi connectivity index (χ3n) is 4.75. The zero-order valence-electron chi connectivity index (χ0n) is 13.6. The number of amides is 2. The van der Waals surface area contributed by atoms with Gasteiger partial charge in [-0.1, -0.05) is 18.2 Å². The summed E-state index contributed by atoms with van der Waals surface area (Å²) in [7, 11) is 0. The van der Waals surface area contributed by atoms with Crippen molar-refractivity contribution < 1.29 is 19.4 Å². The van der Waals surface area contributed by atoms with Crippen LogP contribution < -0.4 is 10.5 Å². The third kappa shape index (κ3) is 2.86. The van der Waals surface area contributed by atoms with Gasteiger partial charge in [-0.2, -0.15) is 11.8 Å². The van der Waals surface area contributed by atoms with Crippen molar-refractivity contribution in [2.75, 3.05) is 24.7 Å². The number of aliphatic hydroxyl groups excluding tert-OH is 1. The van der Waals surface area contributed by atoms with E-state index < -0.39 is 17.6 Å². The number of benzene rings is 1. The molecule has 2 amide bonds. The average molecular weight is 350 g/mol. The van der Waals surface area contributed by atoms with Crippen LogP contribution in [-0.2, 0) is 9.59 Å². The highest BCUT2D eigenvalue weighted by Crippen LogP contribution is 2.49. The zero-order valence-corrected chi connectivity index (χ0v) is 14.4. The second-order valence-corrected chi connectivity index (χ2v) is 7.56. The number of para-hydroxylation sites is 1. The smallest absolute Gasteiger partial charge is 0.238 e. The van der Waals surface area contributed by atoms with E-state index in [4.69, 9.17) is 15.6 Å². The quantitative estimate of drug-likeness (QED) is 0.588. The number of nitrogens with two attached hydrogens (primary N) is 1. The van der Waals surface area contributed by atoms with Crippen molar-refractivity contribution in [1.82, 2.24) is 4.90 Å². The number of primary amides is 1. The lowest BCUT2D eigenvalue weighted by Crippen LogP contribution is -2.64. The molecule has 6 nitrogen and oxygen atoms in total. The second-order valence-electron chi connectivity index (χ2n) is 6.33. The highest BCUT2D eigenvalue weighted by Gasteiger charge is 2.55. The number of carbonyl (C=O) groups is 2. The summed E-state index contributed by atoms with van der Waals surface area (Å²) in [6.07, 6.45) is 0.550. The van der Waals surface area contributed by atoms with E-state index in [0.29, 0.717) is 30.2 Å². The molecule has 1 saturated heterocycles. The largest absolute Gasteiger partial charge is 0.468 e. The summed E-state index contributed by atoms with van der Waals surface area (Å²) < 4.78 is 6.15. The van der Waals surface area contributed by atoms with Gasteiger partial charge in [-0.25, -0.2) is 0 Å². The minimum absolute atomic E-state index is 0.103. The highest BCUT2D eigenvalue weighted by atomic mass is 32.2. The first-order valence-corrected chi connectivity index (χ1v) is 9.21. The molecule has 3 rings (SSSR count). The number of thioether (sulfide) groups is 1. The number of carbonyl (C=O) groups excluding carboxylic acids is 2. The molecule has 24 heavy (non-hydrogen) atoms. The van der Waals surface area contributed by atoms with Gasteiger partial charge >= 0.3 is 0 Å². The molecule has 0 spiro atoms. The van der Waals surface area contributed by atoms with Gasteiger partial charge in [0.25, 0.3) is 0 Å². The molecule has 3 atom stereocenters. The van der Waals surface area contributed by atoms with Crippen LogP contribution in [0.15, 0.2) is 24.3 Å². The number of hydrogen-bond donors (Lipinski definition) is 2. The minimum Gasteiger partial charge on any atom is -0.468 e. The van der Waals surface area contributed by atoms with Crippen LogP contribution in [0.5, 0.6) is 5.75 Å².